The van der Waals surface area contributed by atoms with Crippen molar-refractivity contribution in [3.05, 3.63) is 52.0 Å². The van der Waals surface area contributed by atoms with E-state index in [1.807, 2.05) is 35.4 Å². The van der Waals surface area contributed by atoms with E-state index in [0.29, 0.717) is 24.7 Å². The van der Waals surface area contributed by atoms with Crippen LogP contribution in [-0.2, 0) is 4.74 Å². The van der Waals surface area contributed by atoms with Gasteiger partial charge in [0.1, 0.15) is 11.8 Å². The number of morpholine rings is 1. The molecular weight excluding hydrogens is 308 g/mol. The minimum atomic E-state index is -0.0824. The first-order chi connectivity index (χ1) is 11.0. The second-order valence-corrected chi connectivity index (χ2v) is 7.34. The third kappa shape index (κ3) is 3.62. The van der Waals surface area contributed by atoms with Crippen molar-refractivity contribution in [3.63, 3.8) is 0 Å². The van der Waals surface area contributed by atoms with E-state index in [4.69, 9.17) is 4.74 Å². The Kier molecular flexibility index (Phi) is 4.78. The third-order valence-electron chi connectivity index (χ3n) is 4.17. The van der Waals surface area contributed by atoms with Gasteiger partial charge in [-0.15, -0.1) is 11.3 Å². The zero-order valence-electron chi connectivity index (χ0n) is 13.7. The first-order valence-corrected chi connectivity index (χ1v) is 8.84. The Morgan fingerprint density at radius 3 is 2.65 bits per heavy atom. The average molecular weight is 330 g/mol. The number of thiazole rings is 1. The quantitative estimate of drug-likeness (QED) is 0.862. The molecule has 2 heterocycles. The molecule has 0 N–H and O–H groups in total. The van der Waals surface area contributed by atoms with E-state index in [2.05, 4.69) is 31.0 Å². The number of carbonyl (C=O) groups is 1. The molecule has 1 aliphatic heterocycles. The van der Waals surface area contributed by atoms with E-state index in [1.165, 1.54) is 11.3 Å². The fourth-order valence-electron chi connectivity index (χ4n) is 2.80. The smallest absolute Gasteiger partial charge is 0.273 e. The van der Waals surface area contributed by atoms with E-state index in [-0.39, 0.29) is 18.1 Å². The highest BCUT2D eigenvalue weighted by molar-refractivity contribution is 7.09. The van der Waals surface area contributed by atoms with Crippen LogP contribution in [0.15, 0.2) is 35.7 Å². The topological polar surface area (TPSA) is 42.4 Å². The molecule has 0 unspecified atom stereocenters. The van der Waals surface area contributed by atoms with Crippen LogP contribution in [0.25, 0.3) is 0 Å². The number of rotatable bonds is 3. The average Bonchev–Trinajstić information content (AvgIpc) is 3.01. The fourth-order valence-corrected chi connectivity index (χ4v) is 3.38. The summed E-state index contributed by atoms with van der Waals surface area (Å²) in [6, 6.07) is 10.1. The monoisotopic (exact) mass is 330 g/mol. The maximum Gasteiger partial charge on any atom is 0.273 e. The molecule has 1 aromatic carbocycles. The summed E-state index contributed by atoms with van der Waals surface area (Å²) in [4.78, 5) is 19.0. The normalized spacial score (nSPS) is 21.7. The molecule has 3 rings (SSSR count). The molecular formula is C18H22N2O2S. The van der Waals surface area contributed by atoms with Gasteiger partial charge in [-0.25, -0.2) is 4.98 Å². The van der Waals surface area contributed by atoms with Gasteiger partial charge in [0.05, 0.1) is 17.7 Å². The highest BCUT2D eigenvalue weighted by atomic mass is 32.1. The number of hydrogen-bond acceptors (Lipinski definition) is 4. The zero-order chi connectivity index (χ0) is 16.4. The molecule has 0 bridgehead atoms. The molecule has 1 saturated heterocycles. The summed E-state index contributed by atoms with van der Waals surface area (Å²) in [6.07, 6.45) is -0.0429. The summed E-state index contributed by atoms with van der Waals surface area (Å²) >= 11 is 1.51. The number of nitrogens with zero attached hydrogens (tertiary/aromatic N) is 2. The van der Waals surface area contributed by atoms with Crippen LogP contribution in [0.2, 0.25) is 0 Å². The molecule has 1 aromatic heterocycles. The van der Waals surface area contributed by atoms with Crippen molar-refractivity contribution in [2.24, 2.45) is 5.92 Å². The summed E-state index contributed by atoms with van der Waals surface area (Å²) in [6.45, 7) is 7.38. The summed E-state index contributed by atoms with van der Waals surface area (Å²) < 4.78 is 6.24. The van der Waals surface area contributed by atoms with Crippen LogP contribution in [0.4, 0.5) is 0 Å². The Balaban J connectivity index is 1.83. The molecule has 0 radical (unpaired) electrons. The molecule has 1 fully saturated rings. The van der Waals surface area contributed by atoms with Gasteiger partial charge in [-0.05, 0) is 18.4 Å². The Hall–Kier alpha value is -1.72. The molecule has 0 aliphatic carbocycles. The van der Waals surface area contributed by atoms with Crippen LogP contribution < -0.4 is 0 Å². The van der Waals surface area contributed by atoms with Crippen molar-refractivity contribution in [2.45, 2.75) is 33.0 Å². The second-order valence-electron chi connectivity index (χ2n) is 6.28. The largest absolute Gasteiger partial charge is 0.366 e. The Morgan fingerprint density at radius 1 is 1.30 bits per heavy atom. The van der Waals surface area contributed by atoms with Crippen molar-refractivity contribution in [2.75, 3.05) is 13.1 Å². The third-order valence-corrected chi connectivity index (χ3v) is 4.94. The maximum absolute atomic E-state index is 12.8. The summed E-state index contributed by atoms with van der Waals surface area (Å²) in [5.74, 6) is 0.359. The van der Waals surface area contributed by atoms with Gasteiger partial charge >= 0.3 is 0 Å². The van der Waals surface area contributed by atoms with Crippen LogP contribution in [0.1, 0.15) is 41.0 Å². The van der Waals surface area contributed by atoms with Crippen LogP contribution in [0, 0.1) is 12.8 Å². The number of amides is 1. The van der Waals surface area contributed by atoms with Gasteiger partial charge in [0.2, 0.25) is 0 Å². The summed E-state index contributed by atoms with van der Waals surface area (Å²) in [5.41, 5.74) is 1.66. The van der Waals surface area contributed by atoms with Gasteiger partial charge in [0.15, 0.2) is 0 Å². The van der Waals surface area contributed by atoms with E-state index in [9.17, 15) is 4.79 Å². The lowest BCUT2D eigenvalue weighted by molar-refractivity contribution is -0.0955. The molecule has 2 atom stereocenters. The van der Waals surface area contributed by atoms with Crippen LogP contribution >= 0.6 is 11.3 Å². The first-order valence-electron chi connectivity index (χ1n) is 7.96. The summed E-state index contributed by atoms with van der Waals surface area (Å²) in [7, 11) is 0. The van der Waals surface area contributed by atoms with Gasteiger partial charge in [-0.1, -0.05) is 44.2 Å². The molecule has 0 saturated carbocycles. The predicted octanol–water partition coefficient (Wildman–Crippen LogP) is 3.69. The maximum atomic E-state index is 12.8. The Bertz CT molecular complexity index is 669. The number of carbonyl (C=O) groups excluding carboxylic acids is 1. The molecule has 23 heavy (non-hydrogen) atoms. The highest BCUT2D eigenvalue weighted by Gasteiger charge is 2.33. The molecule has 1 aliphatic rings. The number of aryl methyl sites for hydroxylation is 1. The van der Waals surface area contributed by atoms with Crippen molar-refractivity contribution in [1.82, 2.24) is 9.88 Å². The van der Waals surface area contributed by atoms with Gasteiger partial charge in [-0.2, -0.15) is 0 Å². The summed E-state index contributed by atoms with van der Waals surface area (Å²) in [5, 5.41) is 2.76. The minimum absolute atomic E-state index is 0.00392. The molecule has 4 nitrogen and oxygen atoms in total. The van der Waals surface area contributed by atoms with Crippen molar-refractivity contribution >= 4 is 17.2 Å². The fraction of sp³-hybridized carbons (Fsp3) is 0.444. The lowest BCUT2D eigenvalue weighted by Crippen LogP contribution is -2.48. The Morgan fingerprint density at radius 2 is 2.04 bits per heavy atom. The van der Waals surface area contributed by atoms with Gasteiger partial charge in [0, 0.05) is 11.9 Å². The van der Waals surface area contributed by atoms with Crippen LogP contribution in [-0.4, -0.2) is 35.0 Å². The molecule has 2 aromatic rings. The minimum Gasteiger partial charge on any atom is -0.366 e. The van der Waals surface area contributed by atoms with Crippen molar-refractivity contribution in [3.8, 4) is 0 Å². The lowest BCUT2D eigenvalue weighted by Gasteiger charge is -2.39. The molecule has 122 valence electrons. The van der Waals surface area contributed by atoms with Gasteiger partial charge in [-0.3, -0.25) is 4.79 Å². The molecule has 0 spiro atoms. The van der Waals surface area contributed by atoms with Crippen molar-refractivity contribution < 1.29 is 9.53 Å². The lowest BCUT2D eigenvalue weighted by atomic mass is 10.0. The number of aromatic nitrogens is 1. The number of ether oxygens (including phenoxy) is 1. The van der Waals surface area contributed by atoms with Crippen molar-refractivity contribution in [1.29, 1.82) is 0 Å². The van der Waals surface area contributed by atoms with E-state index >= 15 is 0 Å². The van der Waals surface area contributed by atoms with Crippen LogP contribution in [0.3, 0.4) is 0 Å². The SMILES string of the molecule is Cc1nc(C(=O)N2C[C@@H](c3ccccc3)O[C@@H](C(C)C)C2)cs1. The van der Waals surface area contributed by atoms with E-state index in [1.54, 1.807) is 0 Å². The van der Waals surface area contributed by atoms with Gasteiger partial charge in [0.25, 0.3) is 5.91 Å². The molecule has 1 amide bonds. The second kappa shape index (κ2) is 6.81. The highest BCUT2D eigenvalue weighted by Crippen LogP contribution is 2.29. The Labute approximate surface area is 141 Å². The standard InChI is InChI=1S/C18H22N2O2S/c1-12(2)16-9-20(18(21)15-11-23-13(3)19-15)10-17(22-16)14-7-5-4-6-8-14/h4-8,11-12,16-17H,9-10H2,1-3H3/t16-,17+/m1/s1. The number of benzene rings is 1. The molecule has 5 heteroatoms. The zero-order valence-corrected chi connectivity index (χ0v) is 14.5. The van der Waals surface area contributed by atoms with E-state index < -0.39 is 0 Å². The number of hydrogen-bond donors (Lipinski definition) is 0. The van der Waals surface area contributed by atoms with E-state index in [0.717, 1.165) is 10.6 Å². The van der Waals surface area contributed by atoms with Gasteiger partial charge < -0.3 is 9.64 Å². The first kappa shape index (κ1) is 16.1. The van der Waals surface area contributed by atoms with Crippen LogP contribution in [0.5, 0.6) is 0 Å². The predicted molar refractivity (Wildman–Crippen MR) is 91.6 cm³/mol.